The molecule has 31 heteroatoms. The Labute approximate surface area is 227 Å². The SMILES string of the molecule is FC(F)(F)C(F)(C(F)(F)F)C(F)(F)C(F)(F)C(F)(F)C(F)(F)SC(F)(F)C(F)(F)C(F)(F)C(F)(F)C(F)(C(F)(F)F)C(F)(F)F. The lowest BCUT2D eigenvalue weighted by molar-refractivity contribution is -0.453. The van der Waals surface area contributed by atoms with Gasteiger partial charge in [0.05, 0.1) is 0 Å². The van der Waals surface area contributed by atoms with Crippen molar-refractivity contribution in [3.8, 4) is 0 Å². The molecule has 0 radical (unpaired) electrons. The summed E-state index contributed by atoms with van der Waals surface area (Å²) in [6.45, 7) is 0. The van der Waals surface area contributed by atoms with E-state index in [-0.39, 0.29) is 0 Å². The second-order valence-electron chi connectivity index (χ2n) is 7.89. The van der Waals surface area contributed by atoms with E-state index in [4.69, 9.17) is 0 Å². The van der Waals surface area contributed by atoms with Gasteiger partial charge >= 0.3 is 82.1 Å². The summed E-state index contributed by atoms with van der Waals surface area (Å²) in [5.74, 6) is -56.5. The number of alkyl halides is 30. The third-order valence-electron chi connectivity index (χ3n) is 4.99. The first kappa shape index (κ1) is 43.2. The lowest BCUT2D eigenvalue weighted by Crippen LogP contribution is -2.76. The van der Waals surface area contributed by atoms with Gasteiger partial charge in [0.25, 0.3) is 0 Å². The van der Waals surface area contributed by atoms with Crippen LogP contribution in [0.4, 0.5) is 132 Å². The zero-order valence-electron chi connectivity index (χ0n) is 18.7. The predicted molar refractivity (Wildman–Crippen MR) is 79.1 cm³/mol. The quantitative estimate of drug-likeness (QED) is 0.200. The van der Waals surface area contributed by atoms with E-state index in [1.807, 2.05) is 0 Å². The molecule has 0 nitrogen and oxygen atoms in total. The van der Waals surface area contributed by atoms with Crippen molar-refractivity contribution in [1.29, 1.82) is 0 Å². The van der Waals surface area contributed by atoms with E-state index in [0.717, 1.165) is 0 Å². The fourth-order valence-corrected chi connectivity index (χ4v) is 3.35. The van der Waals surface area contributed by atoms with Gasteiger partial charge in [-0.15, -0.1) is 0 Å². The Morgan fingerprint density at radius 1 is 0.200 bits per heavy atom. The van der Waals surface area contributed by atoms with Crippen LogP contribution in [0.25, 0.3) is 0 Å². The highest BCUT2D eigenvalue weighted by Gasteiger charge is 2.98. The van der Waals surface area contributed by atoms with Crippen LogP contribution < -0.4 is 0 Å². The Kier molecular flexibility index (Phi) is 9.97. The second-order valence-corrected chi connectivity index (χ2v) is 9.12. The van der Waals surface area contributed by atoms with E-state index in [9.17, 15) is 132 Å². The molecular formula is C14F30S. The van der Waals surface area contributed by atoms with Gasteiger partial charge < -0.3 is 0 Å². The zero-order valence-corrected chi connectivity index (χ0v) is 19.6. The maximum atomic E-state index is 13.6. The molecule has 0 saturated heterocycles. The van der Waals surface area contributed by atoms with E-state index in [0.29, 0.717) is 0 Å². The van der Waals surface area contributed by atoms with Crippen LogP contribution in [0, 0.1) is 0 Å². The number of hydrogen-bond acceptors (Lipinski definition) is 1. The molecule has 0 aromatic rings. The molecule has 0 aromatic carbocycles. The molecule has 45 heavy (non-hydrogen) atoms. The standard InChI is InChI=1S/C14F30S/c15-1(9(29,30)31,10(32,33)34)3(17,18)5(21,22)7(25,26)13(41,42)45-14(43,44)8(27,28)6(23,24)4(19,20)2(16,11(35,36)37)12(38,39)40. The average Bonchev–Trinajstić information content (AvgIpc) is 2.72. The summed E-state index contributed by atoms with van der Waals surface area (Å²) in [6, 6.07) is 0. The van der Waals surface area contributed by atoms with Crippen molar-refractivity contribution in [2.24, 2.45) is 0 Å². The Morgan fingerprint density at radius 3 is 0.489 bits per heavy atom. The van der Waals surface area contributed by atoms with Gasteiger partial charge in [0.15, 0.2) is 0 Å². The highest BCUT2D eigenvalue weighted by molar-refractivity contribution is 8.01. The maximum absolute atomic E-state index is 13.6. The molecule has 0 amide bonds. The van der Waals surface area contributed by atoms with Crippen molar-refractivity contribution < 1.29 is 132 Å². The van der Waals surface area contributed by atoms with E-state index in [1.54, 1.807) is 0 Å². The van der Waals surface area contributed by atoms with E-state index < -0.39 is 93.8 Å². The van der Waals surface area contributed by atoms with Crippen LogP contribution in [-0.4, -0.2) is 82.1 Å². The molecule has 0 aliphatic heterocycles. The van der Waals surface area contributed by atoms with Gasteiger partial charge in [-0.1, -0.05) is 0 Å². The van der Waals surface area contributed by atoms with Crippen molar-refractivity contribution >= 4 is 11.8 Å². The van der Waals surface area contributed by atoms with Gasteiger partial charge in [-0.3, -0.25) is 0 Å². The van der Waals surface area contributed by atoms with Crippen molar-refractivity contribution in [3.05, 3.63) is 0 Å². The molecule has 0 spiro atoms. The molecule has 0 aliphatic rings. The molecule has 0 aliphatic carbocycles. The Morgan fingerprint density at radius 2 is 0.356 bits per heavy atom. The van der Waals surface area contributed by atoms with Gasteiger partial charge in [-0.05, 0) is 11.8 Å². The summed E-state index contributed by atoms with van der Waals surface area (Å²) in [7, 11) is 0. The molecular weight excluding hydrogens is 770 g/mol. The van der Waals surface area contributed by atoms with E-state index in [2.05, 4.69) is 0 Å². The summed E-state index contributed by atoms with van der Waals surface area (Å²) in [4.78, 5) is 0. The van der Waals surface area contributed by atoms with Crippen LogP contribution in [0.1, 0.15) is 0 Å². The summed E-state index contributed by atoms with van der Waals surface area (Å²) >= 11 is -4.91. The monoisotopic (exact) mass is 770 g/mol. The van der Waals surface area contributed by atoms with Crippen LogP contribution in [0.5, 0.6) is 0 Å². The number of thioether (sulfide) groups is 1. The van der Waals surface area contributed by atoms with Crippen molar-refractivity contribution in [2.45, 2.75) is 82.1 Å². The van der Waals surface area contributed by atoms with E-state index >= 15 is 0 Å². The molecule has 0 N–H and O–H groups in total. The first-order chi connectivity index (χ1) is 18.7. The maximum Gasteiger partial charge on any atom is 0.438 e. The fraction of sp³-hybridized carbons (Fsp3) is 1.00. The molecule has 0 saturated carbocycles. The molecule has 0 aromatic heterocycles. The van der Waals surface area contributed by atoms with Gasteiger partial charge in [0, 0.05) is 0 Å². The van der Waals surface area contributed by atoms with Crippen molar-refractivity contribution in [3.63, 3.8) is 0 Å². The number of halogens is 30. The lowest BCUT2D eigenvalue weighted by Gasteiger charge is -2.45. The molecule has 0 rings (SSSR count). The highest BCUT2D eigenvalue weighted by atomic mass is 32.2. The molecule has 0 unspecified atom stereocenters. The van der Waals surface area contributed by atoms with Gasteiger partial charge in [0.2, 0.25) is 0 Å². The Bertz CT molecular complexity index is 950. The third-order valence-corrected chi connectivity index (χ3v) is 6.02. The normalized spacial score (nSPS) is 17.2. The molecule has 272 valence electrons. The largest absolute Gasteiger partial charge is 0.438 e. The summed E-state index contributed by atoms with van der Waals surface area (Å²) in [5.41, 5.74) is -18.2. The smallest absolute Gasteiger partial charge is 0.216 e. The average molecular weight is 770 g/mol. The fourth-order valence-electron chi connectivity index (χ4n) is 2.52. The van der Waals surface area contributed by atoms with Crippen molar-refractivity contribution in [1.82, 2.24) is 0 Å². The predicted octanol–water partition coefficient (Wildman–Crippen LogP) is 10.4. The van der Waals surface area contributed by atoms with Crippen LogP contribution in [0.2, 0.25) is 0 Å². The summed E-state index contributed by atoms with van der Waals surface area (Å²) in [5, 5.41) is -17.6. The lowest BCUT2D eigenvalue weighted by atomic mass is 9.87. The van der Waals surface area contributed by atoms with Gasteiger partial charge in [-0.2, -0.15) is 123 Å². The first-order valence-corrected chi connectivity index (χ1v) is 9.89. The first-order valence-electron chi connectivity index (χ1n) is 9.08. The molecule has 0 heterocycles. The number of rotatable bonds is 10. The van der Waals surface area contributed by atoms with Crippen LogP contribution in [0.3, 0.4) is 0 Å². The third kappa shape index (κ3) is 5.43. The topological polar surface area (TPSA) is 0 Å². The van der Waals surface area contributed by atoms with Gasteiger partial charge in [0.1, 0.15) is 0 Å². The second kappa shape index (κ2) is 10.4. The minimum Gasteiger partial charge on any atom is -0.216 e. The zero-order chi connectivity index (χ0) is 37.7. The minimum atomic E-state index is -9.48. The molecule has 0 atom stereocenters. The van der Waals surface area contributed by atoms with Crippen LogP contribution in [-0.2, 0) is 0 Å². The van der Waals surface area contributed by atoms with Crippen LogP contribution >= 0.6 is 11.8 Å². The molecule has 0 fully saturated rings. The number of hydrogen-bond donors (Lipinski definition) is 0. The van der Waals surface area contributed by atoms with Crippen LogP contribution in [0.15, 0.2) is 0 Å². The summed E-state index contributed by atoms with van der Waals surface area (Å²) < 4.78 is 391. The summed E-state index contributed by atoms with van der Waals surface area (Å²) in [6.07, 6.45) is -34.5. The minimum absolute atomic E-state index is 4.91. The van der Waals surface area contributed by atoms with E-state index in [1.165, 1.54) is 0 Å². The Hall–Kier alpha value is -1.75. The van der Waals surface area contributed by atoms with Crippen molar-refractivity contribution in [2.75, 3.05) is 0 Å². The molecule has 0 bridgehead atoms. The Balaban J connectivity index is 7.37. The van der Waals surface area contributed by atoms with Gasteiger partial charge in [-0.25, -0.2) is 8.78 Å². The highest BCUT2D eigenvalue weighted by Crippen LogP contribution is 2.69.